The minimum absolute atomic E-state index is 0.506. The third kappa shape index (κ3) is 2.21. The summed E-state index contributed by atoms with van der Waals surface area (Å²) in [7, 11) is 4.65. The Morgan fingerprint density at radius 3 is 2.32 bits per heavy atom. The first-order chi connectivity index (χ1) is 9.15. The Hall–Kier alpha value is -1.88. The number of aliphatic hydroxyl groups is 1. The predicted octanol–water partition coefficient (Wildman–Crippen LogP) is 2.90. The van der Waals surface area contributed by atoms with E-state index in [1.807, 2.05) is 6.92 Å². The zero-order valence-electron chi connectivity index (χ0n) is 11.5. The van der Waals surface area contributed by atoms with Crippen molar-refractivity contribution < 1.29 is 23.7 Å². The van der Waals surface area contributed by atoms with Crippen molar-refractivity contribution in [2.45, 2.75) is 19.4 Å². The lowest BCUT2D eigenvalue weighted by Crippen LogP contribution is -1.94. The third-order valence-corrected chi connectivity index (χ3v) is 3.06. The lowest BCUT2D eigenvalue weighted by Gasteiger charge is -2.12. The van der Waals surface area contributed by atoms with Crippen LogP contribution in [0.4, 0.5) is 0 Å². The second-order valence-corrected chi connectivity index (χ2v) is 4.13. The molecule has 19 heavy (non-hydrogen) atoms. The van der Waals surface area contributed by atoms with Gasteiger partial charge in [0.15, 0.2) is 11.5 Å². The third-order valence-electron chi connectivity index (χ3n) is 3.06. The SMILES string of the molecule is CCC(O)c1cc2c(OC)c(OC)c(OC)cc2o1. The van der Waals surface area contributed by atoms with Crippen LogP contribution in [0.5, 0.6) is 17.2 Å². The number of hydrogen-bond donors (Lipinski definition) is 1. The molecule has 2 aromatic rings. The lowest BCUT2D eigenvalue weighted by molar-refractivity contribution is 0.148. The molecule has 1 unspecified atom stereocenters. The topological polar surface area (TPSA) is 61.1 Å². The molecule has 1 aromatic carbocycles. The van der Waals surface area contributed by atoms with E-state index in [1.165, 1.54) is 0 Å². The first-order valence-corrected chi connectivity index (χ1v) is 6.06. The minimum atomic E-state index is -0.630. The van der Waals surface area contributed by atoms with E-state index in [9.17, 15) is 5.11 Å². The normalized spacial score (nSPS) is 12.5. The molecule has 1 N–H and O–H groups in total. The molecule has 0 spiro atoms. The summed E-state index contributed by atoms with van der Waals surface area (Å²) >= 11 is 0. The molecule has 0 aliphatic heterocycles. The van der Waals surface area contributed by atoms with Gasteiger partial charge in [0, 0.05) is 6.07 Å². The smallest absolute Gasteiger partial charge is 0.204 e. The summed E-state index contributed by atoms with van der Waals surface area (Å²) in [5, 5.41) is 10.6. The van der Waals surface area contributed by atoms with Crippen molar-refractivity contribution >= 4 is 11.0 Å². The van der Waals surface area contributed by atoms with Gasteiger partial charge in [-0.3, -0.25) is 0 Å². The zero-order valence-corrected chi connectivity index (χ0v) is 11.5. The van der Waals surface area contributed by atoms with Crippen molar-refractivity contribution in [1.29, 1.82) is 0 Å². The molecule has 5 nitrogen and oxygen atoms in total. The molecule has 0 saturated heterocycles. The molecule has 0 amide bonds. The number of furan rings is 1. The van der Waals surface area contributed by atoms with Crippen molar-refractivity contribution in [3.63, 3.8) is 0 Å². The van der Waals surface area contributed by atoms with Crippen LogP contribution in [0.15, 0.2) is 16.5 Å². The van der Waals surface area contributed by atoms with Crippen LogP contribution in [-0.2, 0) is 0 Å². The predicted molar refractivity (Wildman–Crippen MR) is 71.1 cm³/mol. The van der Waals surface area contributed by atoms with Crippen LogP contribution in [0.2, 0.25) is 0 Å². The number of benzene rings is 1. The monoisotopic (exact) mass is 266 g/mol. The van der Waals surface area contributed by atoms with Gasteiger partial charge in [0.2, 0.25) is 5.75 Å². The van der Waals surface area contributed by atoms with E-state index in [-0.39, 0.29) is 0 Å². The number of aliphatic hydroxyl groups excluding tert-OH is 1. The quantitative estimate of drug-likeness (QED) is 0.901. The first-order valence-electron chi connectivity index (χ1n) is 6.06. The highest BCUT2D eigenvalue weighted by Crippen LogP contribution is 2.45. The maximum atomic E-state index is 9.85. The largest absolute Gasteiger partial charge is 0.493 e. The highest BCUT2D eigenvalue weighted by Gasteiger charge is 2.21. The summed E-state index contributed by atoms with van der Waals surface area (Å²) in [6.07, 6.45) is -0.0507. The molecule has 0 bridgehead atoms. The van der Waals surface area contributed by atoms with Crippen LogP contribution in [0.25, 0.3) is 11.0 Å². The Balaban J connectivity index is 2.69. The fourth-order valence-electron chi connectivity index (χ4n) is 2.04. The highest BCUT2D eigenvalue weighted by atomic mass is 16.5. The van der Waals surface area contributed by atoms with Crippen molar-refractivity contribution in [3.8, 4) is 17.2 Å². The van der Waals surface area contributed by atoms with Crippen LogP contribution in [-0.4, -0.2) is 26.4 Å². The second kappa shape index (κ2) is 5.40. The van der Waals surface area contributed by atoms with Gasteiger partial charge in [-0.1, -0.05) is 6.92 Å². The van der Waals surface area contributed by atoms with Crippen LogP contribution < -0.4 is 14.2 Å². The second-order valence-electron chi connectivity index (χ2n) is 4.13. The van der Waals surface area contributed by atoms with Crippen LogP contribution in [0, 0.1) is 0 Å². The van der Waals surface area contributed by atoms with Crippen LogP contribution in [0.1, 0.15) is 25.2 Å². The van der Waals surface area contributed by atoms with E-state index in [1.54, 1.807) is 33.5 Å². The number of ether oxygens (including phenoxy) is 3. The van der Waals surface area contributed by atoms with Crippen LogP contribution >= 0.6 is 0 Å². The molecule has 2 rings (SSSR count). The first kappa shape index (κ1) is 13.5. The molecule has 1 aromatic heterocycles. The summed E-state index contributed by atoms with van der Waals surface area (Å²) in [5.41, 5.74) is 0.594. The molecule has 1 atom stereocenters. The maximum Gasteiger partial charge on any atom is 0.204 e. The van der Waals surface area contributed by atoms with Gasteiger partial charge in [0.25, 0.3) is 0 Å². The van der Waals surface area contributed by atoms with Gasteiger partial charge >= 0.3 is 0 Å². The Morgan fingerprint density at radius 2 is 1.79 bits per heavy atom. The average molecular weight is 266 g/mol. The minimum Gasteiger partial charge on any atom is -0.493 e. The highest BCUT2D eigenvalue weighted by molar-refractivity contribution is 5.90. The van der Waals surface area contributed by atoms with E-state index in [4.69, 9.17) is 18.6 Å². The molecule has 5 heteroatoms. The van der Waals surface area contributed by atoms with Crippen molar-refractivity contribution in [2.75, 3.05) is 21.3 Å². The Morgan fingerprint density at radius 1 is 1.11 bits per heavy atom. The van der Waals surface area contributed by atoms with Crippen molar-refractivity contribution in [1.82, 2.24) is 0 Å². The summed E-state index contributed by atoms with van der Waals surface area (Å²) in [4.78, 5) is 0. The Bertz CT molecular complexity index is 573. The summed E-state index contributed by atoms with van der Waals surface area (Å²) < 4.78 is 21.6. The summed E-state index contributed by atoms with van der Waals surface area (Å²) in [6, 6.07) is 3.49. The molecular weight excluding hydrogens is 248 g/mol. The molecule has 104 valence electrons. The molecular formula is C14H18O5. The van der Waals surface area contributed by atoms with Gasteiger partial charge in [-0.15, -0.1) is 0 Å². The fourth-order valence-corrected chi connectivity index (χ4v) is 2.04. The molecule has 0 aliphatic carbocycles. The van der Waals surface area contributed by atoms with Gasteiger partial charge in [0.05, 0.1) is 26.7 Å². The molecule has 0 fully saturated rings. The number of hydrogen-bond acceptors (Lipinski definition) is 5. The van der Waals surface area contributed by atoms with E-state index in [2.05, 4.69) is 0 Å². The Kier molecular flexibility index (Phi) is 3.85. The molecule has 0 radical (unpaired) electrons. The Labute approximate surface area is 111 Å². The standard InChI is InChI=1S/C14H18O5/c1-5-9(15)11-6-8-10(19-11)7-12(16-2)14(18-4)13(8)17-3/h6-7,9,15H,5H2,1-4H3. The number of methoxy groups -OCH3 is 3. The van der Waals surface area contributed by atoms with E-state index >= 15 is 0 Å². The van der Waals surface area contributed by atoms with Crippen LogP contribution in [0.3, 0.4) is 0 Å². The number of rotatable bonds is 5. The number of fused-ring (bicyclic) bond motifs is 1. The van der Waals surface area contributed by atoms with Gasteiger partial charge < -0.3 is 23.7 Å². The maximum absolute atomic E-state index is 9.85. The van der Waals surface area contributed by atoms with Gasteiger partial charge in [-0.25, -0.2) is 0 Å². The lowest BCUT2D eigenvalue weighted by atomic mass is 10.1. The summed E-state index contributed by atoms with van der Waals surface area (Å²) in [6.45, 7) is 1.89. The fraction of sp³-hybridized carbons (Fsp3) is 0.429. The van der Waals surface area contributed by atoms with Crippen molar-refractivity contribution in [3.05, 3.63) is 17.9 Å². The van der Waals surface area contributed by atoms with Gasteiger partial charge in [-0.2, -0.15) is 0 Å². The van der Waals surface area contributed by atoms with Gasteiger partial charge in [-0.05, 0) is 12.5 Å². The van der Waals surface area contributed by atoms with E-state index in [0.717, 1.165) is 5.39 Å². The zero-order chi connectivity index (χ0) is 14.0. The van der Waals surface area contributed by atoms with Gasteiger partial charge in [0.1, 0.15) is 17.4 Å². The average Bonchev–Trinajstić information content (AvgIpc) is 2.87. The molecule has 0 aliphatic rings. The van der Waals surface area contributed by atoms with E-state index in [0.29, 0.717) is 35.0 Å². The summed E-state index contributed by atoms with van der Waals surface area (Å²) in [5.74, 6) is 2.08. The molecule has 0 saturated carbocycles. The van der Waals surface area contributed by atoms with E-state index < -0.39 is 6.10 Å². The molecule has 1 heterocycles. The van der Waals surface area contributed by atoms with Crippen molar-refractivity contribution in [2.24, 2.45) is 0 Å².